The molecule has 0 saturated carbocycles. The number of benzene rings is 1. The topological polar surface area (TPSA) is 70.2 Å². The van der Waals surface area contributed by atoms with Crippen molar-refractivity contribution >= 4 is 28.4 Å². The third kappa shape index (κ3) is 4.92. The fourth-order valence-electron chi connectivity index (χ4n) is 4.03. The van der Waals surface area contributed by atoms with Crippen molar-refractivity contribution in [2.45, 2.75) is 25.9 Å². The molecule has 3 heterocycles. The fourth-order valence-corrected chi connectivity index (χ4v) is 4.03. The lowest BCUT2D eigenvalue weighted by Gasteiger charge is -2.19. The van der Waals surface area contributed by atoms with E-state index in [9.17, 15) is 18.0 Å². The van der Waals surface area contributed by atoms with Crippen LogP contribution in [0.3, 0.4) is 0 Å². The predicted octanol–water partition coefficient (Wildman–Crippen LogP) is 5.45. The molecule has 6 nitrogen and oxygen atoms in total. The summed E-state index contributed by atoms with van der Waals surface area (Å²) in [5.74, 6) is 0.188. The number of aromatic nitrogens is 2. The largest absolute Gasteiger partial charge is 0.389 e. The molecular weight excluding hydrogens is 419 g/mol. The maximum Gasteiger partial charge on any atom is 0.389 e. The third-order valence-electron chi connectivity index (χ3n) is 5.71. The summed E-state index contributed by atoms with van der Waals surface area (Å²) in [7, 11) is 1.80. The highest BCUT2D eigenvalue weighted by molar-refractivity contribution is 5.91. The number of halogens is 3. The number of amides is 2. The Bertz CT molecular complexity index is 1150. The minimum Gasteiger partial charge on any atom is -0.373 e. The Morgan fingerprint density at radius 2 is 2.00 bits per heavy atom. The molecule has 9 heteroatoms. The average Bonchev–Trinajstić information content (AvgIpc) is 3.21. The zero-order valence-electron chi connectivity index (χ0n) is 17.8. The van der Waals surface area contributed by atoms with Gasteiger partial charge in [0, 0.05) is 61.7 Å². The lowest BCUT2D eigenvalue weighted by atomic mass is 10.0. The number of hydrogen-bond acceptors (Lipinski definition) is 4. The van der Waals surface area contributed by atoms with Crippen LogP contribution >= 0.6 is 0 Å². The van der Waals surface area contributed by atoms with Crippen LogP contribution in [0, 0.1) is 12.8 Å². The first-order valence-corrected chi connectivity index (χ1v) is 10.4. The summed E-state index contributed by atoms with van der Waals surface area (Å²) < 4.78 is 37.9. The summed E-state index contributed by atoms with van der Waals surface area (Å²) in [5, 5.41) is 6.70. The second-order valence-electron chi connectivity index (χ2n) is 8.12. The first-order chi connectivity index (χ1) is 15.2. The number of nitrogens with zero attached hydrogens (tertiary/aromatic N) is 3. The molecule has 2 amide bonds. The maximum atomic E-state index is 12.6. The Balaban J connectivity index is 1.51. The van der Waals surface area contributed by atoms with E-state index in [-0.39, 0.29) is 12.6 Å². The van der Waals surface area contributed by atoms with Gasteiger partial charge in [-0.2, -0.15) is 13.2 Å². The van der Waals surface area contributed by atoms with Crippen molar-refractivity contribution in [2.24, 2.45) is 5.92 Å². The van der Waals surface area contributed by atoms with Crippen LogP contribution in [0.1, 0.15) is 18.4 Å². The predicted molar refractivity (Wildman–Crippen MR) is 119 cm³/mol. The van der Waals surface area contributed by atoms with E-state index in [4.69, 9.17) is 0 Å². The van der Waals surface area contributed by atoms with Gasteiger partial charge >= 0.3 is 12.2 Å². The van der Waals surface area contributed by atoms with Crippen LogP contribution in [0.2, 0.25) is 0 Å². The van der Waals surface area contributed by atoms with E-state index < -0.39 is 18.5 Å². The summed E-state index contributed by atoms with van der Waals surface area (Å²) in [6.45, 7) is 2.40. The maximum absolute atomic E-state index is 12.6. The van der Waals surface area contributed by atoms with E-state index in [1.165, 1.54) is 4.90 Å². The molecule has 0 radical (unpaired) electrons. The molecule has 3 aromatic rings. The van der Waals surface area contributed by atoms with Gasteiger partial charge in [-0.25, -0.2) is 9.78 Å². The second-order valence-corrected chi connectivity index (χ2v) is 8.12. The molecule has 1 saturated heterocycles. The van der Waals surface area contributed by atoms with Crippen molar-refractivity contribution < 1.29 is 18.0 Å². The molecule has 2 aromatic heterocycles. The van der Waals surface area contributed by atoms with Gasteiger partial charge in [-0.05, 0) is 48.6 Å². The van der Waals surface area contributed by atoms with E-state index in [0.29, 0.717) is 18.7 Å². The van der Waals surface area contributed by atoms with Gasteiger partial charge in [0.15, 0.2) is 0 Å². The van der Waals surface area contributed by atoms with Gasteiger partial charge < -0.3 is 15.5 Å². The van der Waals surface area contributed by atoms with Gasteiger partial charge in [-0.15, -0.1) is 0 Å². The van der Waals surface area contributed by atoms with Crippen LogP contribution in [0.15, 0.2) is 42.7 Å². The number of carbonyl (C=O) groups is 1. The molecule has 4 rings (SSSR count). The molecule has 1 fully saturated rings. The zero-order chi connectivity index (χ0) is 22.9. The molecule has 2 N–H and O–H groups in total. The van der Waals surface area contributed by atoms with Crippen molar-refractivity contribution in [1.29, 1.82) is 0 Å². The number of pyridine rings is 2. The SMILES string of the molecule is CNc1cc2ncc(-c3cc(NC(=O)N4CC[C@H](CC(F)(F)F)C4)ccc3C)cc2cn1. The highest BCUT2D eigenvalue weighted by Gasteiger charge is 2.36. The highest BCUT2D eigenvalue weighted by atomic mass is 19.4. The molecule has 1 atom stereocenters. The second kappa shape index (κ2) is 8.64. The summed E-state index contributed by atoms with van der Waals surface area (Å²) >= 11 is 0. The third-order valence-corrected chi connectivity index (χ3v) is 5.71. The molecule has 1 aromatic carbocycles. The number of alkyl halides is 3. The molecule has 0 aliphatic carbocycles. The minimum atomic E-state index is -4.21. The molecule has 32 heavy (non-hydrogen) atoms. The van der Waals surface area contributed by atoms with Gasteiger partial charge in [0.2, 0.25) is 0 Å². The Morgan fingerprint density at radius 3 is 2.75 bits per heavy atom. The summed E-state index contributed by atoms with van der Waals surface area (Å²) in [4.78, 5) is 22.9. The molecule has 0 unspecified atom stereocenters. The smallest absolute Gasteiger partial charge is 0.373 e. The van der Waals surface area contributed by atoms with E-state index in [0.717, 1.165) is 33.4 Å². The molecular formula is C23H24F3N5O. The van der Waals surface area contributed by atoms with Crippen molar-refractivity contribution in [1.82, 2.24) is 14.9 Å². The molecule has 168 valence electrons. The lowest BCUT2D eigenvalue weighted by Crippen LogP contribution is -2.33. The van der Waals surface area contributed by atoms with Gasteiger partial charge in [0.25, 0.3) is 0 Å². The average molecular weight is 443 g/mol. The van der Waals surface area contributed by atoms with Crippen molar-refractivity contribution in [3.8, 4) is 11.1 Å². The number of hydrogen-bond donors (Lipinski definition) is 2. The number of rotatable bonds is 4. The van der Waals surface area contributed by atoms with Crippen LogP contribution in [-0.4, -0.2) is 47.2 Å². The number of likely N-dealkylation sites (tertiary alicyclic amines) is 1. The van der Waals surface area contributed by atoms with Gasteiger partial charge in [0.1, 0.15) is 5.82 Å². The minimum absolute atomic E-state index is 0.111. The van der Waals surface area contributed by atoms with Crippen LogP contribution in [0.4, 0.5) is 29.5 Å². The fraction of sp³-hybridized carbons (Fsp3) is 0.348. The van der Waals surface area contributed by atoms with Crippen LogP contribution < -0.4 is 10.6 Å². The lowest BCUT2D eigenvalue weighted by molar-refractivity contribution is -0.143. The number of nitrogens with one attached hydrogen (secondary N) is 2. The Kier molecular flexibility index (Phi) is 5.90. The van der Waals surface area contributed by atoms with Crippen molar-refractivity contribution in [3.63, 3.8) is 0 Å². The summed E-state index contributed by atoms with van der Waals surface area (Å²) in [5.41, 5.74) is 4.20. The molecule has 1 aliphatic heterocycles. The van der Waals surface area contributed by atoms with Gasteiger partial charge in [-0.3, -0.25) is 4.98 Å². The first kappa shape index (κ1) is 21.9. The van der Waals surface area contributed by atoms with Crippen LogP contribution in [-0.2, 0) is 0 Å². The van der Waals surface area contributed by atoms with E-state index in [1.54, 1.807) is 25.5 Å². The van der Waals surface area contributed by atoms with E-state index >= 15 is 0 Å². The summed E-state index contributed by atoms with van der Waals surface area (Å²) in [6.07, 6.45) is -1.18. The molecule has 0 bridgehead atoms. The Morgan fingerprint density at radius 1 is 1.19 bits per heavy atom. The van der Waals surface area contributed by atoms with Crippen LogP contribution in [0.25, 0.3) is 22.0 Å². The van der Waals surface area contributed by atoms with E-state index in [1.807, 2.05) is 31.2 Å². The Labute approximate surface area is 183 Å². The summed E-state index contributed by atoms with van der Waals surface area (Å²) in [6, 6.07) is 9.01. The molecule has 1 aliphatic rings. The van der Waals surface area contributed by atoms with Gasteiger partial charge in [-0.1, -0.05) is 6.07 Å². The number of fused-ring (bicyclic) bond motifs is 1. The monoisotopic (exact) mass is 443 g/mol. The number of carbonyl (C=O) groups excluding carboxylic acids is 1. The molecule has 0 spiro atoms. The Hall–Kier alpha value is -3.36. The zero-order valence-corrected chi connectivity index (χ0v) is 17.8. The number of aryl methyl sites for hydroxylation is 1. The highest BCUT2D eigenvalue weighted by Crippen LogP contribution is 2.32. The standard InChI is InChI=1S/C23H24F3N5O/c1-14-3-4-18(30-22(32)31-6-5-15(13-31)10-23(24,25)26)8-19(14)16-7-17-12-29-21(27-2)9-20(17)28-11-16/h3-4,7-9,11-12,15H,5-6,10,13H2,1-2H3,(H,27,29)(H,30,32)/t15-/m1/s1. The van der Waals surface area contributed by atoms with Gasteiger partial charge in [0.05, 0.1) is 5.52 Å². The number of anilines is 2. The number of urea groups is 1. The van der Waals surface area contributed by atoms with Crippen LogP contribution in [0.5, 0.6) is 0 Å². The van der Waals surface area contributed by atoms with E-state index in [2.05, 4.69) is 20.6 Å². The quantitative estimate of drug-likeness (QED) is 0.562. The van der Waals surface area contributed by atoms with Crippen molar-refractivity contribution in [3.05, 3.63) is 48.3 Å². The normalized spacial score (nSPS) is 16.4. The van der Waals surface area contributed by atoms with Crippen molar-refractivity contribution in [2.75, 3.05) is 30.8 Å². The first-order valence-electron chi connectivity index (χ1n) is 10.4.